The number of nitrogens with zero attached hydrogens (tertiary/aromatic N) is 3. The molecule has 6 heteroatoms. The van der Waals surface area contributed by atoms with E-state index in [4.69, 9.17) is 11.6 Å². The fourth-order valence-corrected chi connectivity index (χ4v) is 3.66. The van der Waals surface area contributed by atoms with E-state index in [9.17, 15) is 4.79 Å². The summed E-state index contributed by atoms with van der Waals surface area (Å²) in [6.07, 6.45) is 0. The molecule has 2 amide bonds. The Labute approximate surface area is 166 Å². The Morgan fingerprint density at radius 2 is 1.63 bits per heavy atom. The van der Waals surface area contributed by atoms with Crippen LogP contribution in [0.4, 0.5) is 21.9 Å². The third kappa shape index (κ3) is 4.66. The monoisotopic (exact) mass is 386 g/mol. The fourth-order valence-electron chi connectivity index (χ4n) is 3.41. The van der Waals surface area contributed by atoms with Gasteiger partial charge in [-0.2, -0.15) is 0 Å². The second kappa shape index (κ2) is 9.00. The highest BCUT2D eigenvalue weighted by atomic mass is 35.5. The third-order valence-electron chi connectivity index (χ3n) is 5.01. The molecule has 0 radical (unpaired) electrons. The zero-order chi connectivity index (χ0) is 19.2. The molecule has 5 nitrogen and oxygen atoms in total. The first-order valence-electron chi connectivity index (χ1n) is 9.52. The Bertz CT molecular complexity index is 753. The molecule has 0 bridgehead atoms. The van der Waals surface area contributed by atoms with Crippen LogP contribution < -0.4 is 15.1 Å². The van der Waals surface area contributed by atoms with E-state index in [2.05, 4.69) is 41.1 Å². The maximum atomic E-state index is 12.6. The third-order valence-corrected chi connectivity index (χ3v) is 5.33. The molecule has 144 valence electrons. The second-order valence-electron chi connectivity index (χ2n) is 6.57. The van der Waals surface area contributed by atoms with Crippen LogP contribution in [-0.2, 0) is 0 Å². The van der Waals surface area contributed by atoms with Crippen molar-refractivity contribution in [2.24, 2.45) is 0 Å². The highest BCUT2D eigenvalue weighted by Crippen LogP contribution is 2.26. The van der Waals surface area contributed by atoms with Crippen molar-refractivity contribution in [1.82, 2.24) is 4.90 Å². The standard InChI is InChI=1S/C21H27ClN4O/c1-3-24(4-2)18-11-9-17(10-12-18)23-21(27)26-15-13-25(14-16-26)20-8-6-5-7-19(20)22/h5-12H,3-4,13-16H2,1-2H3,(H,23,27). The van der Waals surface area contributed by atoms with Crippen molar-refractivity contribution in [3.05, 3.63) is 53.6 Å². The number of anilines is 3. The lowest BCUT2D eigenvalue weighted by Gasteiger charge is -2.36. The first-order valence-corrected chi connectivity index (χ1v) is 9.90. The smallest absolute Gasteiger partial charge is 0.321 e. The molecule has 2 aromatic carbocycles. The number of amides is 2. The van der Waals surface area contributed by atoms with E-state index in [1.54, 1.807) is 0 Å². The molecule has 1 fully saturated rings. The summed E-state index contributed by atoms with van der Waals surface area (Å²) in [7, 11) is 0. The molecule has 1 aliphatic heterocycles. The van der Waals surface area contributed by atoms with Crippen LogP contribution in [0.3, 0.4) is 0 Å². The average molecular weight is 387 g/mol. The molecule has 0 saturated carbocycles. The van der Waals surface area contributed by atoms with Gasteiger partial charge in [-0.1, -0.05) is 23.7 Å². The number of para-hydroxylation sites is 1. The Morgan fingerprint density at radius 1 is 1.00 bits per heavy atom. The molecule has 0 spiro atoms. The molecule has 1 aliphatic rings. The number of urea groups is 1. The van der Waals surface area contributed by atoms with Gasteiger partial charge in [0.15, 0.2) is 0 Å². The van der Waals surface area contributed by atoms with Crippen molar-refractivity contribution in [1.29, 1.82) is 0 Å². The highest BCUT2D eigenvalue weighted by molar-refractivity contribution is 6.33. The van der Waals surface area contributed by atoms with Gasteiger partial charge in [-0.15, -0.1) is 0 Å². The number of hydrogen-bond acceptors (Lipinski definition) is 3. The first-order chi connectivity index (χ1) is 13.1. The van der Waals surface area contributed by atoms with Gasteiger partial charge in [0.05, 0.1) is 10.7 Å². The Morgan fingerprint density at radius 3 is 2.22 bits per heavy atom. The zero-order valence-electron chi connectivity index (χ0n) is 16.0. The van der Waals surface area contributed by atoms with E-state index < -0.39 is 0 Å². The van der Waals surface area contributed by atoms with Gasteiger partial charge in [-0.3, -0.25) is 0 Å². The van der Waals surface area contributed by atoms with Crippen molar-refractivity contribution in [2.45, 2.75) is 13.8 Å². The molecule has 0 aliphatic carbocycles. The van der Waals surface area contributed by atoms with E-state index in [0.717, 1.165) is 42.6 Å². The summed E-state index contributed by atoms with van der Waals surface area (Å²) in [5.74, 6) is 0. The van der Waals surface area contributed by atoms with E-state index in [1.807, 2.05) is 41.3 Å². The minimum absolute atomic E-state index is 0.0515. The van der Waals surface area contributed by atoms with Gasteiger partial charge in [-0.05, 0) is 50.2 Å². The molecule has 0 aromatic heterocycles. The van der Waals surface area contributed by atoms with E-state index in [0.29, 0.717) is 13.1 Å². The van der Waals surface area contributed by atoms with Crippen molar-refractivity contribution < 1.29 is 4.79 Å². The fraction of sp³-hybridized carbons (Fsp3) is 0.381. The van der Waals surface area contributed by atoms with Crippen LogP contribution >= 0.6 is 11.6 Å². The van der Waals surface area contributed by atoms with Gasteiger partial charge in [-0.25, -0.2) is 4.79 Å². The molecule has 0 atom stereocenters. The van der Waals surface area contributed by atoms with Crippen LogP contribution in [0, 0.1) is 0 Å². The Hall–Kier alpha value is -2.40. The maximum absolute atomic E-state index is 12.6. The van der Waals surface area contributed by atoms with Crippen molar-refractivity contribution in [2.75, 3.05) is 54.4 Å². The summed E-state index contributed by atoms with van der Waals surface area (Å²) >= 11 is 6.28. The second-order valence-corrected chi connectivity index (χ2v) is 6.98. The maximum Gasteiger partial charge on any atom is 0.321 e. The van der Waals surface area contributed by atoms with Crippen molar-refractivity contribution in [3.8, 4) is 0 Å². The molecular weight excluding hydrogens is 360 g/mol. The topological polar surface area (TPSA) is 38.8 Å². The summed E-state index contributed by atoms with van der Waals surface area (Å²) in [6.45, 7) is 9.12. The number of benzene rings is 2. The minimum Gasteiger partial charge on any atom is -0.372 e. The van der Waals surface area contributed by atoms with Crippen LogP contribution in [0.2, 0.25) is 5.02 Å². The lowest BCUT2D eigenvalue weighted by atomic mass is 10.2. The quantitative estimate of drug-likeness (QED) is 0.819. The number of halogens is 1. The molecule has 1 saturated heterocycles. The van der Waals surface area contributed by atoms with Crippen molar-refractivity contribution >= 4 is 34.7 Å². The number of carbonyl (C=O) groups excluding carboxylic acids is 1. The van der Waals surface area contributed by atoms with Crippen LogP contribution in [0.1, 0.15) is 13.8 Å². The van der Waals surface area contributed by atoms with Gasteiger partial charge < -0.3 is 20.0 Å². The first kappa shape index (κ1) is 19.4. The summed E-state index contributed by atoms with van der Waals surface area (Å²) in [4.78, 5) is 18.9. The number of carbonyl (C=O) groups is 1. The van der Waals surface area contributed by atoms with Gasteiger partial charge >= 0.3 is 6.03 Å². The molecular formula is C21H27ClN4O. The van der Waals surface area contributed by atoms with Crippen LogP contribution in [0.25, 0.3) is 0 Å². The van der Waals surface area contributed by atoms with Crippen molar-refractivity contribution in [3.63, 3.8) is 0 Å². The lowest BCUT2D eigenvalue weighted by Crippen LogP contribution is -2.50. The van der Waals surface area contributed by atoms with Gasteiger partial charge in [0, 0.05) is 50.6 Å². The summed E-state index contributed by atoms with van der Waals surface area (Å²) in [5.41, 5.74) is 3.03. The number of piperazine rings is 1. The number of hydrogen-bond donors (Lipinski definition) is 1. The average Bonchev–Trinajstić information content (AvgIpc) is 2.71. The molecule has 2 aromatic rings. The Kier molecular flexibility index (Phi) is 6.45. The van der Waals surface area contributed by atoms with Gasteiger partial charge in [0.1, 0.15) is 0 Å². The summed E-state index contributed by atoms with van der Waals surface area (Å²) in [5, 5.41) is 3.76. The summed E-state index contributed by atoms with van der Waals surface area (Å²) in [6, 6.07) is 15.8. The van der Waals surface area contributed by atoms with E-state index in [-0.39, 0.29) is 6.03 Å². The molecule has 3 rings (SSSR count). The van der Waals surface area contributed by atoms with Gasteiger partial charge in [0.2, 0.25) is 0 Å². The number of nitrogens with one attached hydrogen (secondary N) is 1. The van der Waals surface area contributed by atoms with Crippen LogP contribution in [-0.4, -0.2) is 50.2 Å². The molecule has 27 heavy (non-hydrogen) atoms. The summed E-state index contributed by atoms with van der Waals surface area (Å²) < 4.78 is 0. The number of rotatable bonds is 5. The van der Waals surface area contributed by atoms with Gasteiger partial charge in [0.25, 0.3) is 0 Å². The Balaban J connectivity index is 1.54. The SMILES string of the molecule is CCN(CC)c1ccc(NC(=O)N2CCN(c3ccccc3Cl)CC2)cc1. The highest BCUT2D eigenvalue weighted by Gasteiger charge is 2.22. The predicted octanol–water partition coefficient (Wildman–Crippen LogP) is 4.54. The lowest BCUT2D eigenvalue weighted by molar-refractivity contribution is 0.208. The van der Waals surface area contributed by atoms with Crippen LogP contribution in [0.15, 0.2) is 48.5 Å². The van der Waals surface area contributed by atoms with Crippen LogP contribution in [0.5, 0.6) is 0 Å². The zero-order valence-corrected chi connectivity index (χ0v) is 16.7. The molecule has 1 N–H and O–H groups in total. The largest absolute Gasteiger partial charge is 0.372 e. The van der Waals surface area contributed by atoms with E-state index in [1.165, 1.54) is 5.69 Å². The molecule has 1 heterocycles. The minimum atomic E-state index is -0.0515. The molecule has 0 unspecified atom stereocenters. The normalized spacial score (nSPS) is 14.2. The van der Waals surface area contributed by atoms with E-state index >= 15 is 0 Å². The predicted molar refractivity (Wildman–Crippen MR) is 114 cm³/mol.